The minimum atomic E-state index is -3.98. The van der Waals surface area contributed by atoms with Crippen LogP contribution in [0.25, 0.3) is 0 Å². The molecular weight excluding hydrogens is 341 g/mol. The Hall–Kier alpha value is -2.14. The molecule has 0 saturated carbocycles. The standard InChI is InChI=1S/C18H22NO5P/c1-23-25(21,22)17(13-12-15-8-4-2-5-9-15)19-18(20)24-14-16-10-6-3-7-11-16/h2-11,17H,12-14H2,1H3,(H,19,20)(H,21,22). The third kappa shape index (κ3) is 6.35. The van der Waals surface area contributed by atoms with Crippen LogP contribution in [0.2, 0.25) is 0 Å². The number of rotatable bonds is 8. The number of hydrogen-bond donors (Lipinski definition) is 2. The number of aryl methyl sites for hydroxylation is 1. The second-order valence-electron chi connectivity index (χ2n) is 5.49. The lowest BCUT2D eigenvalue weighted by atomic mass is 10.1. The smallest absolute Gasteiger partial charge is 0.408 e. The molecule has 2 rings (SSSR count). The Labute approximate surface area is 147 Å². The lowest BCUT2D eigenvalue weighted by molar-refractivity contribution is 0.136. The molecule has 2 atom stereocenters. The Morgan fingerprint density at radius 3 is 2.20 bits per heavy atom. The maximum atomic E-state index is 12.2. The molecule has 2 aromatic rings. The molecule has 6 nitrogen and oxygen atoms in total. The van der Waals surface area contributed by atoms with Crippen molar-refractivity contribution in [3.05, 3.63) is 71.8 Å². The van der Waals surface area contributed by atoms with Crippen molar-refractivity contribution in [3.63, 3.8) is 0 Å². The second-order valence-corrected chi connectivity index (χ2v) is 7.61. The molecular formula is C18H22NO5P. The third-order valence-corrected chi connectivity index (χ3v) is 5.40. The summed E-state index contributed by atoms with van der Waals surface area (Å²) in [6, 6.07) is 18.7. The minimum absolute atomic E-state index is 0.0841. The van der Waals surface area contributed by atoms with Gasteiger partial charge in [0.1, 0.15) is 12.4 Å². The molecule has 0 heterocycles. The Kier molecular flexibility index (Phi) is 7.19. The Morgan fingerprint density at radius 2 is 1.64 bits per heavy atom. The van der Waals surface area contributed by atoms with E-state index in [2.05, 4.69) is 5.32 Å². The Bertz CT molecular complexity index is 708. The molecule has 25 heavy (non-hydrogen) atoms. The van der Waals surface area contributed by atoms with Crippen LogP contribution >= 0.6 is 7.60 Å². The average Bonchev–Trinajstić information content (AvgIpc) is 2.65. The first kappa shape index (κ1) is 19.2. The van der Waals surface area contributed by atoms with Gasteiger partial charge in [-0.1, -0.05) is 60.7 Å². The van der Waals surface area contributed by atoms with E-state index in [0.29, 0.717) is 6.42 Å². The molecule has 0 aliphatic carbocycles. The van der Waals surface area contributed by atoms with E-state index in [1.807, 2.05) is 60.7 Å². The van der Waals surface area contributed by atoms with Gasteiger partial charge >= 0.3 is 13.7 Å². The molecule has 0 spiro atoms. The summed E-state index contributed by atoms with van der Waals surface area (Å²) in [4.78, 5) is 21.9. The predicted molar refractivity (Wildman–Crippen MR) is 95.1 cm³/mol. The van der Waals surface area contributed by atoms with E-state index in [1.54, 1.807) is 0 Å². The van der Waals surface area contributed by atoms with E-state index < -0.39 is 19.5 Å². The minimum Gasteiger partial charge on any atom is -0.445 e. The Balaban J connectivity index is 1.93. The number of benzene rings is 2. The molecule has 134 valence electrons. The van der Waals surface area contributed by atoms with Gasteiger partial charge < -0.3 is 19.5 Å². The zero-order valence-corrected chi connectivity index (χ0v) is 14.9. The first-order valence-electron chi connectivity index (χ1n) is 7.90. The summed E-state index contributed by atoms with van der Waals surface area (Å²) in [5.74, 6) is -1.04. The first-order valence-corrected chi connectivity index (χ1v) is 9.55. The fourth-order valence-corrected chi connectivity index (χ4v) is 3.27. The highest BCUT2D eigenvalue weighted by Crippen LogP contribution is 2.47. The van der Waals surface area contributed by atoms with Crippen molar-refractivity contribution in [1.82, 2.24) is 5.32 Å². The summed E-state index contributed by atoms with van der Waals surface area (Å²) >= 11 is 0. The second kappa shape index (κ2) is 9.37. The zero-order valence-electron chi connectivity index (χ0n) is 14.0. The lowest BCUT2D eigenvalue weighted by Crippen LogP contribution is -2.35. The van der Waals surface area contributed by atoms with Gasteiger partial charge in [0.05, 0.1) is 0 Å². The zero-order chi connectivity index (χ0) is 18.1. The fraction of sp³-hybridized carbons (Fsp3) is 0.278. The first-order chi connectivity index (χ1) is 12.0. The number of hydrogen-bond acceptors (Lipinski definition) is 4. The number of alkyl carbamates (subject to hydrolysis) is 1. The van der Waals surface area contributed by atoms with Crippen molar-refractivity contribution >= 4 is 13.7 Å². The molecule has 0 fully saturated rings. The highest BCUT2D eigenvalue weighted by Gasteiger charge is 2.33. The predicted octanol–water partition coefficient (Wildman–Crippen LogP) is 3.70. The lowest BCUT2D eigenvalue weighted by Gasteiger charge is -2.22. The highest BCUT2D eigenvalue weighted by molar-refractivity contribution is 7.53. The summed E-state index contributed by atoms with van der Waals surface area (Å²) in [6.07, 6.45) is 0.0259. The molecule has 0 aliphatic rings. The van der Waals surface area contributed by atoms with E-state index in [9.17, 15) is 14.3 Å². The molecule has 0 bridgehead atoms. The number of carbonyl (C=O) groups excluding carboxylic acids is 1. The molecule has 2 unspecified atom stereocenters. The van der Waals surface area contributed by atoms with Crippen LogP contribution in [0.15, 0.2) is 60.7 Å². The van der Waals surface area contributed by atoms with E-state index in [-0.39, 0.29) is 13.0 Å². The van der Waals surface area contributed by atoms with Gasteiger partial charge in [0.2, 0.25) is 0 Å². The van der Waals surface area contributed by atoms with Crippen LogP contribution < -0.4 is 5.32 Å². The van der Waals surface area contributed by atoms with Crippen LogP contribution in [0.3, 0.4) is 0 Å². The molecule has 0 radical (unpaired) electrons. The Morgan fingerprint density at radius 1 is 1.08 bits per heavy atom. The molecule has 0 saturated heterocycles. The van der Waals surface area contributed by atoms with Crippen LogP contribution in [0.1, 0.15) is 17.5 Å². The van der Waals surface area contributed by atoms with Crippen molar-refractivity contribution < 1.29 is 23.5 Å². The number of ether oxygens (including phenoxy) is 1. The van der Waals surface area contributed by atoms with Gasteiger partial charge in [-0.15, -0.1) is 0 Å². The fourth-order valence-electron chi connectivity index (χ4n) is 2.29. The monoisotopic (exact) mass is 363 g/mol. The van der Waals surface area contributed by atoms with Crippen LogP contribution in [-0.4, -0.2) is 23.9 Å². The molecule has 0 aliphatic heterocycles. The molecule has 0 aromatic heterocycles. The van der Waals surface area contributed by atoms with Crippen molar-refractivity contribution in [2.45, 2.75) is 25.2 Å². The van der Waals surface area contributed by atoms with Crippen molar-refractivity contribution in [3.8, 4) is 0 Å². The van der Waals surface area contributed by atoms with Gasteiger partial charge in [-0.25, -0.2) is 4.79 Å². The van der Waals surface area contributed by atoms with E-state index >= 15 is 0 Å². The van der Waals surface area contributed by atoms with E-state index in [0.717, 1.165) is 18.2 Å². The van der Waals surface area contributed by atoms with Crippen LogP contribution in [0, 0.1) is 0 Å². The quantitative estimate of drug-likeness (QED) is 0.699. The van der Waals surface area contributed by atoms with Gasteiger partial charge in [0.25, 0.3) is 0 Å². The molecule has 2 aromatic carbocycles. The van der Waals surface area contributed by atoms with Gasteiger partial charge in [-0.05, 0) is 24.0 Å². The summed E-state index contributed by atoms with van der Waals surface area (Å²) < 4.78 is 22.0. The normalized spacial score (nSPS) is 14.3. The maximum absolute atomic E-state index is 12.2. The maximum Gasteiger partial charge on any atom is 0.408 e. The van der Waals surface area contributed by atoms with Gasteiger partial charge in [-0.3, -0.25) is 4.57 Å². The molecule has 7 heteroatoms. The van der Waals surface area contributed by atoms with Crippen LogP contribution in [-0.2, 0) is 26.9 Å². The summed E-state index contributed by atoms with van der Waals surface area (Å²) in [5.41, 5.74) is 1.83. The van der Waals surface area contributed by atoms with Crippen molar-refractivity contribution in [1.29, 1.82) is 0 Å². The molecule has 2 N–H and O–H groups in total. The third-order valence-electron chi connectivity index (χ3n) is 3.70. The number of carbonyl (C=O) groups is 1. The SMILES string of the molecule is COP(=O)(O)C(CCc1ccccc1)NC(=O)OCc1ccccc1. The van der Waals surface area contributed by atoms with Crippen LogP contribution in [0.5, 0.6) is 0 Å². The topological polar surface area (TPSA) is 84.9 Å². The number of nitrogens with one attached hydrogen (secondary N) is 1. The highest BCUT2D eigenvalue weighted by atomic mass is 31.2. The molecule has 1 amide bonds. The summed E-state index contributed by atoms with van der Waals surface area (Å²) in [6.45, 7) is 0.0841. The van der Waals surface area contributed by atoms with Crippen molar-refractivity contribution in [2.75, 3.05) is 7.11 Å². The largest absolute Gasteiger partial charge is 0.445 e. The summed E-state index contributed by atoms with van der Waals surface area (Å²) in [7, 11) is -2.84. The van der Waals surface area contributed by atoms with Gasteiger partial charge in [0, 0.05) is 7.11 Å². The van der Waals surface area contributed by atoms with E-state index in [1.165, 1.54) is 0 Å². The van der Waals surface area contributed by atoms with Crippen molar-refractivity contribution in [2.24, 2.45) is 0 Å². The average molecular weight is 363 g/mol. The summed E-state index contributed by atoms with van der Waals surface area (Å²) in [5, 5.41) is 2.45. The van der Waals surface area contributed by atoms with Crippen LogP contribution in [0.4, 0.5) is 4.79 Å². The number of amides is 1. The van der Waals surface area contributed by atoms with Gasteiger partial charge in [0.15, 0.2) is 0 Å². The van der Waals surface area contributed by atoms with E-state index in [4.69, 9.17) is 9.26 Å². The van der Waals surface area contributed by atoms with Gasteiger partial charge in [-0.2, -0.15) is 0 Å².